The first-order chi connectivity index (χ1) is 13.9. The van der Waals surface area contributed by atoms with E-state index in [0.717, 1.165) is 6.21 Å². The number of anilines is 1. The Morgan fingerprint density at radius 2 is 1.72 bits per heavy atom. The summed E-state index contributed by atoms with van der Waals surface area (Å²) >= 11 is 0. The largest absolute Gasteiger partial charge is 0.497 e. The SMILES string of the molecule is COc1ccc(NC(=O)C(=O)N/N=C\c2ccc(OC)c([N+](=O)[O-])c2)c(OC)c1. The maximum Gasteiger partial charge on any atom is 0.329 e. The minimum atomic E-state index is -1.04. The van der Waals surface area contributed by atoms with Crippen molar-refractivity contribution in [1.29, 1.82) is 0 Å². The van der Waals surface area contributed by atoms with Gasteiger partial charge in [0.15, 0.2) is 5.75 Å². The smallest absolute Gasteiger partial charge is 0.329 e. The molecule has 2 amide bonds. The fourth-order valence-corrected chi connectivity index (χ4v) is 2.23. The Balaban J connectivity index is 2.03. The molecule has 11 nitrogen and oxygen atoms in total. The van der Waals surface area contributed by atoms with Gasteiger partial charge in [-0.2, -0.15) is 5.10 Å². The van der Waals surface area contributed by atoms with Gasteiger partial charge in [0, 0.05) is 17.7 Å². The molecule has 29 heavy (non-hydrogen) atoms. The van der Waals surface area contributed by atoms with Gasteiger partial charge in [-0.05, 0) is 24.3 Å². The second-order valence-corrected chi connectivity index (χ2v) is 5.41. The fraction of sp³-hybridized carbons (Fsp3) is 0.167. The van der Waals surface area contributed by atoms with E-state index in [1.807, 2.05) is 5.43 Å². The molecule has 2 aromatic carbocycles. The molecule has 0 heterocycles. The highest BCUT2D eigenvalue weighted by molar-refractivity contribution is 6.39. The van der Waals surface area contributed by atoms with Crippen molar-refractivity contribution >= 4 is 29.4 Å². The Morgan fingerprint density at radius 1 is 1.00 bits per heavy atom. The second kappa shape index (κ2) is 9.69. The molecule has 0 bridgehead atoms. The highest BCUT2D eigenvalue weighted by atomic mass is 16.6. The number of methoxy groups -OCH3 is 3. The quantitative estimate of drug-likeness (QED) is 0.311. The topological polar surface area (TPSA) is 141 Å². The van der Waals surface area contributed by atoms with Crippen LogP contribution in [0, 0.1) is 10.1 Å². The van der Waals surface area contributed by atoms with Crippen molar-refractivity contribution in [3.05, 3.63) is 52.1 Å². The molecule has 0 aliphatic heterocycles. The van der Waals surface area contributed by atoms with E-state index in [-0.39, 0.29) is 17.1 Å². The van der Waals surface area contributed by atoms with Crippen LogP contribution in [0.5, 0.6) is 17.2 Å². The normalized spacial score (nSPS) is 10.3. The number of nitro benzene ring substituents is 1. The van der Waals surface area contributed by atoms with E-state index < -0.39 is 16.7 Å². The van der Waals surface area contributed by atoms with Crippen molar-refractivity contribution in [2.24, 2.45) is 5.10 Å². The molecular weight excluding hydrogens is 384 g/mol. The number of ether oxygens (including phenoxy) is 3. The van der Waals surface area contributed by atoms with Crippen molar-refractivity contribution in [3.63, 3.8) is 0 Å². The lowest BCUT2D eigenvalue weighted by atomic mass is 10.2. The number of carbonyl (C=O) groups excluding carboxylic acids is 2. The first-order valence-corrected chi connectivity index (χ1v) is 8.08. The molecule has 2 rings (SSSR count). The van der Waals surface area contributed by atoms with Gasteiger partial charge in [-0.15, -0.1) is 0 Å². The average molecular weight is 402 g/mol. The number of benzene rings is 2. The van der Waals surface area contributed by atoms with Gasteiger partial charge in [0.2, 0.25) is 0 Å². The number of hydrazone groups is 1. The Hall–Kier alpha value is -4.15. The molecule has 0 radical (unpaired) electrons. The third-order valence-corrected chi connectivity index (χ3v) is 3.64. The van der Waals surface area contributed by atoms with Crippen molar-refractivity contribution in [2.45, 2.75) is 0 Å². The molecule has 0 saturated carbocycles. The van der Waals surface area contributed by atoms with Crippen LogP contribution in [-0.2, 0) is 9.59 Å². The Labute approximate surface area is 165 Å². The molecule has 0 aliphatic rings. The Morgan fingerprint density at radius 3 is 2.34 bits per heavy atom. The van der Waals surface area contributed by atoms with Gasteiger partial charge in [-0.25, -0.2) is 5.43 Å². The maximum atomic E-state index is 12.0. The summed E-state index contributed by atoms with van der Waals surface area (Å²) in [5.41, 5.74) is 2.38. The molecule has 11 heteroatoms. The fourth-order valence-electron chi connectivity index (χ4n) is 2.23. The minimum absolute atomic E-state index is 0.0870. The number of nitrogens with one attached hydrogen (secondary N) is 2. The summed E-state index contributed by atoms with van der Waals surface area (Å²) in [4.78, 5) is 34.3. The predicted octanol–water partition coefficient (Wildman–Crippen LogP) is 1.71. The summed E-state index contributed by atoms with van der Waals surface area (Å²) < 4.78 is 15.1. The lowest BCUT2D eigenvalue weighted by Gasteiger charge is -2.10. The molecule has 2 N–H and O–H groups in total. The molecule has 2 aromatic rings. The minimum Gasteiger partial charge on any atom is -0.497 e. The van der Waals surface area contributed by atoms with Crippen molar-refractivity contribution in [2.75, 3.05) is 26.6 Å². The van der Waals surface area contributed by atoms with Crippen molar-refractivity contribution < 1.29 is 28.7 Å². The number of rotatable bonds is 7. The molecule has 0 spiro atoms. The van der Waals surface area contributed by atoms with Gasteiger partial charge < -0.3 is 19.5 Å². The van der Waals surface area contributed by atoms with E-state index in [4.69, 9.17) is 14.2 Å². The first-order valence-electron chi connectivity index (χ1n) is 8.08. The summed E-state index contributed by atoms with van der Waals surface area (Å²) in [7, 11) is 4.20. The van der Waals surface area contributed by atoms with Crippen LogP contribution in [0.25, 0.3) is 0 Å². The number of hydrogen-bond donors (Lipinski definition) is 2. The molecule has 0 aromatic heterocycles. The number of nitro groups is 1. The zero-order chi connectivity index (χ0) is 21.4. The van der Waals surface area contributed by atoms with Crippen molar-refractivity contribution in [3.8, 4) is 17.2 Å². The van der Waals surface area contributed by atoms with Crippen LogP contribution in [-0.4, -0.2) is 44.3 Å². The molecule has 0 unspecified atom stereocenters. The summed E-state index contributed by atoms with van der Waals surface area (Å²) in [6.07, 6.45) is 1.16. The molecule has 0 atom stereocenters. The highest BCUT2D eigenvalue weighted by Gasteiger charge is 2.17. The van der Waals surface area contributed by atoms with Gasteiger partial charge in [0.1, 0.15) is 11.5 Å². The monoisotopic (exact) mass is 402 g/mol. The van der Waals surface area contributed by atoms with Gasteiger partial charge in [0.05, 0.1) is 38.2 Å². The van der Waals surface area contributed by atoms with Crippen LogP contribution in [0.1, 0.15) is 5.56 Å². The van der Waals surface area contributed by atoms with Crippen LogP contribution in [0.15, 0.2) is 41.5 Å². The van der Waals surface area contributed by atoms with E-state index in [9.17, 15) is 19.7 Å². The standard InChI is InChI=1S/C18H18N4O7/c1-27-12-5-6-13(16(9-12)29-3)20-17(23)18(24)21-19-10-11-4-7-15(28-2)14(8-11)22(25)26/h4-10H,1-3H3,(H,20,23)(H,21,24)/b19-10-. The first kappa shape index (κ1) is 21.2. The number of nitrogens with zero attached hydrogens (tertiary/aromatic N) is 2. The Kier molecular flexibility index (Phi) is 7.07. The lowest BCUT2D eigenvalue weighted by molar-refractivity contribution is -0.385. The molecular formula is C18H18N4O7. The van der Waals surface area contributed by atoms with E-state index in [1.54, 1.807) is 12.1 Å². The zero-order valence-corrected chi connectivity index (χ0v) is 15.8. The third-order valence-electron chi connectivity index (χ3n) is 3.64. The predicted molar refractivity (Wildman–Crippen MR) is 104 cm³/mol. The lowest BCUT2D eigenvalue weighted by Crippen LogP contribution is -2.32. The zero-order valence-electron chi connectivity index (χ0n) is 15.8. The van der Waals surface area contributed by atoms with Crippen LogP contribution in [0.2, 0.25) is 0 Å². The van der Waals surface area contributed by atoms with Gasteiger partial charge in [0.25, 0.3) is 0 Å². The third kappa shape index (κ3) is 5.42. The number of amides is 2. The van der Waals surface area contributed by atoms with Gasteiger partial charge in [-0.1, -0.05) is 0 Å². The van der Waals surface area contributed by atoms with Crippen molar-refractivity contribution in [1.82, 2.24) is 5.43 Å². The van der Waals surface area contributed by atoms with E-state index in [1.165, 1.54) is 45.6 Å². The van der Waals surface area contributed by atoms with E-state index in [0.29, 0.717) is 17.1 Å². The second-order valence-electron chi connectivity index (χ2n) is 5.41. The van der Waals surface area contributed by atoms with Gasteiger partial charge >= 0.3 is 17.5 Å². The summed E-state index contributed by atoms with van der Waals surface area (Å²) in [6.45, 7) is 0. The molecule has 0 fully saturated rings. The number of carbonyl (C=O) groups is 2. The van der Waals surface area contributed by atoms with E-state index >= 15 is 0 Å². The van der Waals surface area contributed by atoms with Crippen LogP contribution >= 0.6 is 0 Å². The number of hydrogen-bond acceptors (Lipinski definition) is 8. The average Bonchev–Trinajstić information content (AvgIpc) is 2.73. The molecule has 0 saturated heterocycles. The van der Waals surface area contributed by atoms with Crippen LogP contribution in [0.3, 0.4) is 0 Å². The van der Waals surface area contributed by atoms with E-state index in [2.05, 4.69) is 10.4 Å². The summed E-state index contributed by atoms with van der Waals surface area (Å²) in [5, 5.41) is 17.0. The van der Waals surface area contributed by atoms with Crippen LogP contribution in [0.4, 0.5) is 11.4 Å². The Bertz CT molecular complexity index is 959. The van der Waals surface area contributed by atoms with Crippen LogP contribution < -0.4 is 25.0 Å². The highest BCUT2D eigenvalue weighted by Crippen LogP contribution is 2.29. The maximum absolute atomic E-state index is 12.0. The molecule has 152 valence electrons. The summed E-state index contributed by atoms with van der Waals surface area (Å²) in [5.74, 6) is -1.11. The van der Waals surface area contributed by atoms with Gasteiger partial charge in [-0.3, -0.25) is 19.7 Å². The summed E-state index contributed by atoms with van der Waals surface area (Å²) in [6, 6.07) is 8.76. The molecule has 0 aliphatic carbocycles.